The third-order valence-electron chi connectivity index (χ3n) is 2.62. The van der Waals surface area contributed by atoms with Gasteiger partial charge < -0.3 is 9.47 Å². The van der Waals surface area contributed by atoms with E-state index in [4.69, 9.17) is 21.1 Å². The van der Waals surface area contributed by atoms with Gasteiger partial charge in [-0.15, -0.1) is 0 Å². The van der Waals surface area contributed by atoms with Crippen LogP contribution < -0.4 is 4.72 Å². The molecule has 5 nitrogen and oxygen atoms in total. The standard InChI is InChI=1S/C13H19BrClNO4S/c1-19-8-9-20-7-3-2-6-16-21(17,18)13-5-4-11(14)10-12(13)15/h4-5,10,16H,2-3,6-9H2,1H3. The molecule has 0 aliphatic heterocycles. The van der Waals surface area contributed by atoms with E-state index >= 15 is 0 Å². The molecule has 0 heterocycles. The molecule has 0 unspecified atom stereocenters. The van der Waals surface area contributed by atoms with Gasteiger partial charge in [-0.25, -0.2) is 13.1 Å². The summed E-state index contributed by atoms with van der Waals surface area (Å²) in [6.07, 6.45) is 1.47. The molecule has 1 aromatic carbocycles. The highest BCUT2D eigenvalue weighted by molar-refractivity contribution is 9.10. The topological polar surface area (TPSA) is 64.6 Å². The largest absolute Gasteiger partial charge is 0.382 e. The Hall–Kier alpha value is -0.180. The predicted molar refractivity (Wildman–Crippen MR) is 86.3 cm³/mol. The summed E-state index contributed by atoms with van der Waals surface area (Å²) in [7, 11) is -1.96. The van der Waals surface area contributed by atoms with Crippen LogP contribution in [0.1, 0.15) is 12.8 Å². The quantitative estimate of drug-likeness (QED) is 0.613. The lowest BCUT2D eigenvalue weighted by molar-refractivity contribution is 0.0689. The van der Waals surface area contributed by atoms with Crippen LogP contribution in [0.2, 0.25) is 5.02 Å². The highest BCUT2D eigenvalue weighted by Gasteiger charge is 2.17. The zero-order valence-electron chi connectivity index (χ0n) is 11.8. The van der Waals surface area contributed by atoms with Gasteiger partial charge in [0.2, 0.25) is 10.0 Å². The van der Waals surface area contributed by atoms with Crippen molar-refractivity contribution in [2.24, 2.45) is 0 Å². The molecular formula is C13H19BrClNO4S. The Balaban J connectivity index is 2.33. The summed E-state index contributed by atoms with van der Waals surface area (Å²) in [4.78, 5) is 0.0868. The zero-order valence-corrected chi connectivity index (χ0v) is 14.9. The van der Waals surface area contributed by atoms with Gasteiger partial charge in [0.25, 0.3) is 0 Å². The number of rotatable bonds is 10. The monoisotopic (exact) mass is 399 g/mol. The van der Waals surface area contributed by atoms with E-state index < -0.39 is 10.0 Å². The number of unbranched alkanes of at least 4 members (excludes halogenated alkanes) is 1. The summed E-state index contributed by atoms with van der Waals surface area (Å²) in [5.74, 6) is 0. The van der Waals surface area contributed by atoms with Gasteiger partial charge in [0.05, 0.1) is 18.2 Å². The molecule has 1 aromatic rings. The Morgan fingerprint density at radius 3 is 2.67 bits per heavy atom. The van der Waals surface area contributed by atoms with Gasteiger partial charge in [0.1, 0.15) is 4.90 Å². The first-order valence-electron chi connectivity index (χ1n) is 6.49. The third-order valence-corrected chi connectivity index (χ3v) is 5.06. The SMILES string of the molecule is COCCOCCCCNS(=O)(=O)c1ccc(Br)cc1Cl. The fraction of sp³-hybridized carbons (Fsp3) is 0.538. The van der Waals surface area contributed by atoms with Gasteiger partial charge in [-0.2, -0.15) is 0 Å². The van der Waals surface area contributed by atoms with Crippen molar-refractivity contribution in [2.75, 3.05) is 33.5 Å². The van der Waals surface area contributed by atoms with Crippen LogP contribution in [-0.2, 0) is 19.5 Å². The number of hydrogen-bond donors (Lipinski definition) is 1. The van der Waals surface area contributed by atoms with Gasteiger partial charge in [0, 0.05) is 24.7 Å². The van der Waals surface area contributed by atoms with Gasteiger partial charge >= 0.3 is 0 Å². The highest BCUT2D eigenvalue weighted by atomic mass is 79.9. The zero-order chi connectivity index (χ0) is 15.7. The van der Waals surface area contributed by atoms with Crippen LogP contribution in [0.4, 0.5) is 0 Å². The van der Waals surface area contributed by atoms with Crippen molar-refractivity contribution in [1.82, 2.24) is 4.72 Å². The van der Waals surface area contributed by atoms with Crippen LogP contribution in [-0.4, -0.2) is 41.9 Å². The number of sulfonamides is 1. The third kappa shape index (κ3) is 7.08. The summed E-state index contributed by atoms with van der Waals surface area (Å²) in [6.45, 7) is 2.05. The van der Waals surface area contributed by atoms with Gasteiger partial charge in [-0.3, -0.25) is 0 Å². The number of methoxy groups -OCH3 is 1. The Morgan fingerprint density at radius 2 is 2.00 bits per heavy atom. The van der Waals surface area contributed by atoms with E-state index in [9.17, 15) is 8.42 Å². The molecule has 0 saturated heterocycles. The van der Waals surface area contributed by atoms with Crippen molar-refractivity contribution in [3.05, 3.63) is 27.7 Å². The van der Waals surface area contributed by atoms with Crippen LogP contribution in [0.25, 0.3) is 0 Å². The molecule has 120 valence electrons. The molecule has 0 atom stereocenters. The van der Waals surface area contributed by atoms with Crippen LogP contribution in [0.15, 0.2) is 27.6 Å². The van der Waals surface area contributed by atoms with E-state index in [0.717, 1.165) is 10.9 Å². The molecule has 0 spiro atoms. The minimum absolute atomic E-state index is 0.0868. The van der Waals surface area contributed by atoms with E-state index in [1.807, 2.05) is 0 Å². The second kappa shape index (κ2) is 9.76. The lowest BCUT2D eigenvalue weighted by atomic mass is 10.3. The second-order valence-electron chi connectivity index (χ2n) is 4.28. The maximum absolute atomic E-state index is 12.1. The molecule has 0 saturated carbocycles. The minimum Gasteiger partial charge on any atom is -0.382 e. The van der Waals surface area contributed by atoms with E-state index in [2.05, 4.69) is 20.7 Å². The molecule has 8 heteroatoms. The van der Waals surface area contributed by atoms with Crippen molar-refractivity contribution in [2.45, 2.75) is 17.7 Å². The maximum Gasteiger partial charge on any atom is 0.242 e. The van der Waals surface area contributed by atoms with Crippen LogP contribution >= 0.6 is 27.5 Å². The lowest BCUT2D eigenvalue weighted by Gasteiger charge is -2.09. The number of benzene rings is 1. The summed E-state index contributed by atoms with van der Waals surface area (Å²) in [6, 6.07) is 4.67. The van der Waals surface area contributed by atoms with E-state index in [1.165, 1.54) is 6.07 Å². The maximum atomic E-state index is 12.1. The molecule has 0 fully saturated rings. The Morgan fingerprint density at radius 1 is 1.24 bits per heavy atom. The van der Waals surface area contributed by atoms with Crippen molar-refractivity contribution in [1.29, 1.82) is 0 Å². The smallest absolute Gasteiger partial charge is 0.242 e. The molecule has 1 N–H and O–H groups in total. The molecule has 0 amide bonds. The van der Waals surface area contributed by atoms with Gasteiger partial charge in [0.15, 0.2) is 0 Å². The average molecular weight is 401 g/mol. The van der Waals surface area contributed by atoms with E-state index in [1.54, 1.807) is 19.2 Å². The number of ether oxygens (including phenoxy) is 2. The summed E-state index contributed by atoms with van der Waals surface area (Å²) in [5, 5.41) is 0.194. The van der Waals surface area contributed by atoms with Gasteiger partial charge in [-0.05, 0) is 31.0 Å². The Bertz CT molecular complexity index is 539. The molecule has 0 bridgehead atoms. The normalized spacial score (nSPS) is 11.8. The Kier molecular flexibility index (Phi) is 8.77. The molecule has 21 heavy (non-hydrogen) atoms. The number of nitrogens with one attached hydrogen (secondary N) is 1. The molecule has 0 radical (unpaired) electrons. The number of hydrogen-bond acceptors (Lipinski definition) is 4. The first-order valence-corrected chi connectivity index (χ1v) is 9.14. The fourth-order valence-electron chi connectivity index (χ4n) is 1.55. The Labute approximate surface area is 139 Å². The lowest BCUT2D eigenvalue weighted by Crippen LogP contribution is -2.25. The summed E-state index contributed by atoms with van der Waals surface area (Å²) < 4.78 is 37.6. The van der Waals surface area contributed by atoms with Crippen molar-refractivity contribution < 1.29 is 17.9 Å². The van der Waals surface area contributed by atoms with E-state index in [-0.39, 0.29) is 9.92 Å². The first-order chi connectivity index (χ1) is 9.97. The number of halogens is 2. The average Bonchev–Trinajstić information content (AvgIpc) is 2.41. The minimum atomic E-state index is -3.57. The fourth-order valence-corrected chi connectivity index (χ4v) is 3.66. The van der Waals surface area contributed by atoms with Crippen molar-refractivity contribution in [3.8, 4) is 0 Å². The van der Waals surface area contributed by atoms with Crippen LogP contribution in [0.5, 0.6) is 0 Å². The van der Waals surface area contributed by atoms with Crippen LogP contribution in [0.3, 0.4) is 0 Å². The molecule has 1 rings (SSSR count). The van der Waals surface area contributed by atoms with Crippen molar-refractivity contribution >= 4 is 37.6 Å². The van der Waals surface area contributed by atoms with Crippen molar-refractivity contribution in [3.63, 3.8) is 0 Å². The first kappa shape index (κ1) is 18.9. The summed E-state index contributed by atoms with van der Waals surface area (Å²) >= 11 is 9.18. The predicted octanol–water partition coefficient (Wildman–Crippen LogP) is 2.82. The van der Waals surface area contributed by atoms with E-state index in [0.29, 0.717) is 32.8 Å². The van der Waals surface area contributed by atoms with Crippen LogP contribution in [0, 0.1) is 0 Å². The molecule has 0 aliphatic rings. The molecule has 0 aliphatic carbocycles. The molecular weight excluding hydrogens is 382 g/mol. The van der Waals surface area contributed by atoms with Gasteiger partial charge in [-0.1, -0.05) is 27.5 Å². The molecule has 0 aromatic heterocycles. The summed E-state index contributed by atoms with van der Waals surface area (Å²) in [5.41, 5.74) is 0. The highest BCUT2D eigenvalue weighted by Crippen LogP contribution is 2.24. The second-order valence-corrected chi connectivity index (χ2v) is 7.34.